The lowest BCUT2D eigenvalue weighted by molar-refractivity contribution is 0.171. The van der Waals surface area contributed by atoms with Crippen molar-refractivity contribution in [3.63, 3.8) is 0 Å². The van der Waals surface area contributed by atoms with Gasteiger partial charge in [0.25, 0.3) is 5.95 Å². The zero-order valence-corrected chi connectivity index (χ0v) is 17.6. The molecule has 0 spiro atoms. The van der Waals surface area contributed by atoms with E-state index in [1.54, 1.807) is 7.11 Å². The molecule has 4 aromatic rings. The van der Waals surface area contributed by atoms with E-state index in [4.69, 9.17) is 23.4 Å². The van der Waals surface area contributed by atoms with Gasteiger partial charge < -0.3 is 23.4 Å². The van der Waals surface area contributed by atoms with E-state index in [0.717, 1.165) is 56.9 Å². The summed E-state index contributed by atoms with van der Waals surface area (Å²) in [6.45, 7) is 3.63. The molecular weight excluding hydrogens is 392 g/mol. The van der Waals surface area contributed by atoms with Crippen LogP contribution < -0.4 is 18.9 Å². The molecule has 0 unspecified atom stereocenters. The molecule has 0 saturated carbocycles. The van der Waals surface area contributed by atoms with Crippen LogP contribution in [0.1, 0.15) is 18.1 Å². The predicted octanol–water partition coefficient (Wildman–Crippen LogP) is 6.02. The van der Waals surface area contributed by atoms with Gasteiger partial charge in [-0.05, 0) is 41.8 Å². The minimum atomic E-state index is 0.371. The summed E-state index contributed by atoms with van der Waals surface area (Å²) in [6.07, 6.45) is 0.788. The number of aryl methyl sites for hydroxylation is 1. The minimum Gasteiger partial charge on any atom is -0.496 e. The fraction of sp³-hybridized carbons (Fsp3) is 0.231. The van der Waals surface area contributed by atoms with Crippen molar-refractivity contribution < 1.29 is 23.4 Å². The molecule has 0 atom stereocenters. The van der Waals surface area contributed by atoms with Gasteiger partial charge in [0.05, 0.1) is 7.11 Å². The zero-order valence-electron chi connectivity index (χ0n) is 17.6. The number of furan rings is 1. The molecule has 0 aliphatic carbocycles. The number of para-hydroxylation sites is 1. The summed E-state index contributed by atoms with van der Waals surface area (Å²) < 4.78 is 29.2. The Morgan fingerprint density at radius 2 is 1.74 bits per heavy atom. The van der Waals surface area contributed by atoms with Gasteiger partial charge in [-0.1, -0.05) is 43.3 Å². The fourth-order valence-corrected chi connectivity index (χ4v) is 4.05. The normalized spacial score (nSPS) is 12.7. The average molecular weight is 416 g/mol. The third kappa shape index (κ3) is 3.56. The van der Waals surface area contributed by atoms with E-state index in [1.165, 1.54) is 0 Å². The summed E-state index contributed by atoms with van der Waals surface area (Å²) in [7, 11) is 1.66. The Bertz CT molecular complexity index is 1220. The molecule has 5 rings (SSSR count). The van der Waals surface area contributed by atoms with E-state index in [9.17, 15) is 0 Å². The fourth-order valence-electron chi connectivity index (χ4n) is 4.05. The van der Waals surface area contributed by atoms with Crippen LogP contribution in [-0.4, -0.2) is 20.3 Å². The molecule has 0 fully saturated rings. The molecule has 0 saturated heterocycles. The second kappa shape index (κ2) is 8.26. The number of hydrogen-bond acceptors (Lipinski definition) is 5. The van der Waals surface area contributed by atoms with Crippen molar-refractivity contribution in [2.45, 2.75) is 20.0 Å². The molecular formula is C26H24O5. The molecule has 31 heavy (non-hydrogen) atoms. The standard InChI is InChI=1S/C26H24O5/c1-3-19-25-20(17-11-12-22-24(15-17)29-14-13-28-22)8-6-10-23(25)31-26(19)30-16-18-7-4-5-9-21(18)27-2/h4-12,15H,3,13-14,16H2,1-2H3. The molecule has 1 aliphatic rings. The van der Waals surface area contributed by atoms with Gasteiger partial charge in [-0.15, -0.1) is 0 Å². The SMILES string of the molecule is CCc1c(OCc2ccccc2OC)oc2cccc(-c3ccc4c(c3)OCCO4)c12. The highest BCUT2D eigenvalue weighted by molar-refractivity contribution is 5.98. The summed E-state index contributed by atoms with van der Waals surface area (Å²) in [5.74, 6) is 2.91. The van der Waals surface area contributed by atoms with Gasteiger partial charge in [-0.2, -0.15) is 0 Å². The second-order valence-corrected chi connectivity index (χ2v) is 7.36. The molecule has 0 amide bonds. The average Bonchev–Trinajstić information content (AvgIpc) is 3.20. The largest absolute Gasteiger partial charge is 0.496 e. The lowest BCUT2D eigenvalue weighted by atomic mass is 9.98. The lowest BCUT2D eigenvalue weighted by Crippen LogP contribution is -2.15. The Kier molecular flexibility index (Phi) is 5.16. The van der Waals surface area contributed by atoms with Crippen LogP contribution in [0.4, 0.5) is 0 Å². The van der Waals surface area contributed by atoms with E-state index in [0.29, 0.717) is 25.8 Å². The van der Waals surface area contributed by atoms with Crippen molar-refractivity contribution >= 4 is 11.0 Å². The predicted molar refractivity (Wildman–Crippen MR) is 119 cm³/mol. The van der Waals surface area contributed by atoms with Crippen molar-refractivity contribution in [2.75, 3.05) is 20.3 Å². The number of ether oxygens (including phenoxy) is 4. The molecule has 1 aromatic heterocycles. The first-order valence-corrected chi connectivity index (χ1v) is 10.5. The first kappa shape index (κ1) is 19.4. The molecule has 5 nitrogen and oxygen atoms in total. The quantitative estimate of drug-likeness (QED) is 0.385. The molecule has 0 bridgehead atoms. The molecule has 1 aliphatic heterocycles. The van der Waals surface area contributed by atoms with E-state index in [2.05, 4.69) is 19.1 Å². The van der Waals surface area contributed by atoms with Crippen LogP contribution in [0.5, 0.6) is 23.2 Å². The number of hydrogen-bond donors (Lipinski definition) is 0. The summed E-state index contributed by atoms with van der Waals surface area (Å²) in [5.41, 5.74) is 4.97. The maximum absolute atomic E-state index is 6.14. The van der Waals surface area contributed by atoms with E-state index in [1.807, 2.05) is 48.5 Å². The monoisotopic (exact) mass is 416 g/mol. The summed E-state index contributed by atoms with van der Waals surface area (Å²) in [5, 5.41) is 1.07. The van der Waals surface area contributed by atoms with Gasteiger partial charge in [-0.3, -0.25) is 0 Å². The summed E-state index contributed by atoms with van der Waals surface area (Å²) in [6, 6.07) is 20.0. The number of fused-ring (bicyclic) bond motifs is 2. The summed E-state index contributed by atoms with van der Waals surface area (Å²) in [4.78, 5) is 0. The van der Waals surface area contributed by atoms with Crippen molar-refractivity contribution in [2.24, 2.45) is 0 Å². The van der Waals surface area contributed by atoms with E-state index >= 15 is 0 Å². The minimum absolute atomic E-state index is 0.371. The smallest absolute Gasteiger partial charge is 0.289 e. The van der Waals surface area contributed by atoms with Crippen LogP contribution in [0.2, 0.25) is 0 Å². The molecule has 0 N–H and O–H groups in total. The highest BCUT2D eigenvalue weighted by Crippen LogP contribution is 2.42. The van der Waals surface area contributed by atoms with Gasteiger partial charge >= 0.3 is 0 Å². The van der Waals surface area contributed by atoms with Crippen LogP contribution in [0, 0.1) is 0 Å². The maximum Gasteiger partial charge on any atom is 0.289 e. The highest BCUT2D eigenvalue weighted by atomic mass is 16.6. The zero-order chi connectivity index (χ0) is 21.2. The Morgan fingerprint density at radius 3 is 2.58 bits per heavy atom. The first-order chi connectivity index (χ1) is 15.3. The van der Waals surface area contributed by atoms with Gasteiger partial charge in [0, 0.05) is 16.5 Å². The number of methoxy groups -OCH3 is 1. The van der Waals surface area contributed by atoms with Crippen molar-refractivity contribution in [1.82, 2.24) is 0 Å². The first-order valence-electron chi connectivity index (χ1n) is 10.5. The summed E-state index contributed by atoms with van der Waals surface area (Å²) >= 11 is 0. The van der Waals surface area contributed by atoms with Gasteiger partial charge in [0.2, 0.25) is 0 Å². The van der Waals surface area contributed by atoms with Gasteiger partial charge in [0.1, 0.15) is 31.2 Å². The highest BCUT2D eigenvalue weighted by Gasteiger charge is 2.20. The van der Waals surface area contributed by atoms with Gasteiger partial charge in [-0.25, -0.2) is 0 Å². The van der Waals surface area contributed by atoms with Crippen LogP contribution in [0.25, 0.3) is 22.1 Å². The van der Waals surface area contributed by atoms with E-state index in [-0.39, 0.29) is 0 Å². The molecule has 0 radical (unpaired) electrons. The Morgan fingerprint density at radius 1 is 0.903 bits per heavy atom. The molecule has 5 heteroatoms. The molecule has 158 valence electrons. The van der Waals surface area contributed by atoms with Crippen molar-refractivity contribution in [3.8, 4) is 34.3 Å². The number of rotatable bonds is 6. The van der Waals surface area contributed by atoms with Gasteiger partial charge in [0.15, 0.2) is 11.5 Å². The number of benzene rings is 3. The third-order valence-electron chi connectivity index (χ3n) is 5.54. The van der Waals surface area contributed by atoms with Crippen molar-refractivity contribution in [1.29, 1.82) is 0 Å². The van der Waals surface area contributed by atoms with Crippen molar-refractivity contribution in [3.05, 3.63) is 71.8 Å². The Labute approximate surface area is 181 Å². The van der Waals surface area contributed by atoms with Crippen LogP contribution in [0.15, 0.2) is 65.1 Å². The van der Waals surface area contributed by atoms with E-state index < -0.39 is 0 Å². The molecule has 2 heterocycles. The maximum atomic E-state index is 6.14. The second-order valence-electron chi connectivity index (χ2n) is 7.36. The third-order valence-corrected chi connectivity index (χ3v) is 5.54. The van der Waals surface area contributed by atoms with Crippen LogP contribution in [-0.2, 0) is 13.0 Å². The topological polar surface area (TPSA) is 50.1 Å². The van der Waals surface area contributed by atoms with Crippen LogP contribution >= 0.6 is 0 Å². The lowest BCUT2D eigenvalue weighted by Gasteiger charge is -2.19. The van der Waals surface area contributed by atoms with Crippen LogP contribution in [0.3, 0.4) is 0 Å². The Balaban J connectivity index is 1.54. The molecule has 3 aromatic carbocycles. The Hall–Kier alpha value is -3.60.